The van der Waals surface area contributed by atoms with Crippen LogP contribution < -0.4 is 4.90 Å². The molecule has 0 radical (unpaired) electrons. The summed E-state index contributed by atoms with van der Waals surface area (Å²) in [4.78, 5) is 23.5. The summed E-state index contributed by atoms with van der Waals surface area (Å²) in [6.45, 7) is 0.941. The molecule has 1 aromatic heterocycles. The molecule has 1 amide bonds. The molecule has 0 saturated carbocycles. The Hall–Kier alpha value is -2.98. The smallest absolute Gasteiger partial charge is 0.299 e. The van der Waals surface area contributed by atoms with Gasteiger partial charge in [0.2, 0.25) is 5.95 Å². The maximum atomic E-state index is 12.8. The van der Waals surface area contributed by atoms with Gasteiger partial charge in [-0.3, -0.25) is 4.79 Å². The maximum absolute atomic E-state index is 12.8. The van der Waals surface area contributed by atoms with Gasteiger partial charge in [0.05, 0.1) is 6.54 Å². The van der Waals surface area contributed by atoms with Gasteiger partial charge in [-0.2, -0.15) is 0 Å². The number of β-amino-alcohol motifs (C(OH)–C–C–N with tert-alkyl or cyclic N) is 1. The van der Waals surface area contributed by atoms with Crippen LogP contribution in [0.5, 0.6) is 0 Å². The van der Waals surface area contributed by atoms with Crippen LogP contribution in [0.4, 0.5) is 10.3 Å². The van der Waals surface area contributed by atoms with Gasteiger partial charge in [0.25, 0.3) is 5.91 Å². The zero-order valence-corrected chi connectivity index (χ0v) is 12.8. The molecule has 1 unspecified atom stereocenters. The first-order valence-electron chi connectivity index (χ1n) is 7.42. The highest BCUT2D eigenvalue weighted by Crippen LogP contribution is 2.14. The molecular formula is C17H15FN4O2. The van der Waals surface area contributed by atoms with Gasteiger partial charge in [-0.05, 0) is 30.3 Å². The molecule has 2 heterocycles. The molecule has 0 aliphatic carbocycles. The van der Waals surface area contributed by atoms with E-state index < -0.39 is 6.23 Å². The Morgan fingerprint density at radius 2 is 1.92 bits per heavy atom. The lowest BCUT2D eigenvalue weighted by Crippen LogP contribution is -2.55. The van der Waals surface area contributed by atoms with Gasteiger partial charge in [0.1, 0.15) is 12.0 Å². The van der Waals surface area contributed by atoms with Gasteiger partial charge in [0.15, 0.2) is 0 Å². The number of aliphatic hydroxyl groups is 1. The third kappa shape index (κ3) is 3.67. The molecular weight excluding hydrogens is 311 g/mol. The number of hydrogen-bond donors (Lipinski definition) is 1. The summed E-state index contributed by atoms with van der Waals surface area (Å²) in [7, 11) is 0. The largest absolute Gasteiger partial charge is 0.372 e. The SMILES string of the molecule is O=C(C#Cc1ccc(F)cc1)N1CCN(c2ncccn2)C(O)C1. The molecule has 1 aliphatic heterocycles. The average Bonchev–Trinajstić information content (AvgIpc) is 2.61. The van der Waals surface area contributed by atoms with Crippen molar-refractivity contribution >= 4 is 11.9 Å². The van der Waals surface area contributed by atoms with E-state index in [9.17, 15) is 14.3 Å². The Morgan fingerprint density at radius 1 is 1.21 bits per heavy atom. The van der Waals surface area contributed by atoms with E-state index >= 15 is 0 Å². The molecule has 0 bridgehead atoms. The number of rotatable bonds is 1. The monoisotopic (exact) mass is 326 g/mol. The van der Waals surface area contributed by atoms with Crippen LogP contribution >= 0.6 is 0 Å². The second kappa shape index (κ2) is 7.06. The summed E-state index contributed by atoms with van der Waals surface area (Å²) in [5.41, 5.74) is 0.557. The number of nitrogens with zero attached hydrogens (tertiary/aromatic N) is 4. The summed E-state index contributed by atoms with van der Waals surface area (Å²) in [6.07, 6.45) is 2.30. The Bertz CT molecular complexity index is 771. The number of carbonyl (C=O) groups is 1. The molecule has 1 fully saturated rings. The van der Waals surface area contributed by atoms with Crippen molar-refractivity contribution in [3.05, 3.63) is 54.1 Å². The zero-order chi connectivity index (χ0) is 16.9. The molecule has 1 aliphatic rings. The van der Waals surface area contributed by atoms with Crippen molar-refractivity contribution in [3.8, 4) is 11.8 Å². The molecule has 2 aromatic rings. The number of aromatic nitrogens is 2. The van der Waals surface area contributed by atoms with Crippen LogP contribution in [-0.2, 0) is 4.79 Å². The quantitative estimate of drug-likeness (QED) is 0.779. The summed E-state index contributed by atoms with van der Waals surface area (Å²) in [6, 6.07) is 7.29. The first-order valence-corrected chi connectivity index (χ1v) is 7.42. The van der Waals surface area contributed by atoms with Crippen LogP contribution in [0.3, 0.4) is 0 Å². The first-order chi connectivity index (χ1) is 11.6. The van der Waals surface area contributed by atoms with Crippen molar-refractivity contribution in [1.29, 1.82) is 0 Å². The highest BCUT2D eigenvalue weighted by atomic mass is 19.1. The van der Waals surface area contributed by atoms with Gasteiger partial charge < -0.3 is 14.9 Å². The summed E-state index contributed by atoms with van der Waals surface area (Å²) >= 11 is 0. The number of hydrogen-bond acceptors (Lipinski definition) is 5. The van der Waals surface area contributed by atoms with Gasteiger partial charge in [0, 0.05) is 37.0 Å². The van der Waals surface area contributed by atoms with Gasteiger partial charge in [-0.1, -0.05) is 5.92 Å². The second-order valence-electron chi connectivity index (χ2n) is 5.23. The molecule has 24 heavy (non-hydrogen) atoms. The average molecular weight is 326 g/mol. The van der Waals surface area contributed by atoms with Crippen LogP contribution in [0, 0.1) is 17.7 Å². The minimum absolute atomic E-state index is 0.120. The number of amides is 1. The predicted octanol–water partition coefficient (Wildman–Crippen LogP) is 0.634. The third-order valence-electron chi connectivity index (χ3n) is 3.61. The van der Waals surface area contributed by atoms with Gasteiger partial charge in [-0.25, -0.2) is 14.4 Å². The molecule has 1 aromatic carbocycles. The fraction of sp³-hybridized carbons (Fsp3) is 0.235. The van der Waals surface area contributed by atoms with Crippen molar-refractivity contribution in [2.75, 3.05) is 24.5 Å². The molecule has 1 atom stereocenters. The highest BCUT2D eigenvalue weighted by molar-refractivity contribution is 5.94. The normalized spacial score (nSPS) is 17.2. The van der Waals surface area contributed by atoms with Crippen molar-refractivity contribution in [2.45, 2.75) is 6.23 Å². The fourth-order valence-corrected chi connectivity index (χ4v) is 2.36. The standard InChI is InChI=1S/C17H15FN4O2/c18-14-5-2-13(3-6-14)4-7-15(23)21-10-11-22(16(24)12-21)17-19-8-1-9-20-17/h1-3,5-6,8-9,16,24H,10-12H2. The Balaban J connectivity index is 1.63. The van der Waals surface area contributed by atoms with Crippen molar-refractivity contribution in [1.82, 2.24) is 14.9 Å². The molecule has 0 spiro atoms. The van der Waals surface area contributed by atoms with E-state index in [0.29, 0.717) is 24.6 Å². The van der Waals surface area contributed by atoms with Crippen LogP contribution in [0.1, 0.15) is 5.56 Å². The van der Waals surface area contributed by atoms with Gasteiger partial charge >= 0.3 is 0 Å². The summed E-state index contributed by atoms with van der Waals surface area (Å²) in [5.74, 6) is 4.91. The molecule has 6 nitrogen and oxygen atoms in total. The lowest BCUT2D eigenvalue weighted by atomic mass is 10.2. The van der Waals surface area contributed by atoms with E-state index in [2.05, 4.69) is 21.8 Å². The van der Waals surface area contributed by atoms with E-state index in [0.717, 1.165) is 0 Å². The minimum Gasteiger partial charge on any atom is -0.372 e. The van der Waals surface area contributed by atoms with E-state index in [4.69, 9.17) is 0 Å². The van der Waals surface area contributed by atoms with Crippen LogP contribution in [0.15, 0.2) is 42.7 Å². The summed E-state index contributed by atoms with van der Waals surface area (Å²) < 4.78 is 12.8. The molecule has 1 N–H and O–H groups in total. The predicted molar refractivity (Wildman–Crippen MR) is 85.2 cm³/mol. The van der Waals surface area contributed by atoms with E-state index in [1.165, 1.54) is 29.2 Å². The number of anilines is 1. The highest BCUT2D eigenvalue weighted by Gasteiger charge is 2.28. The lowest BCUT2D eigenvalue weighted by molar-refractivity contribution is -0.127. The number of aliphatic hydroxyl groups excluding tert-OH is 1. The maximum Gasteiger partial charge on any atom is 0.299 e. The van der Waals surface area contributed by atoms with E-state index in [1.54, 1.807) is 23.4 Å². The van der Waals surface area contributed by atoms with Gasteiger partial charge in [-0.15, -0.1) is 0 Å². The fourth-order valence-electron chi connectivity index (χ4n) is 2.36. The Labute approximate surface area is 138 Å². The Morgan fingerprint density at radius 3 is 2.58 bits per heavy atom. The van der Waals surface area contributed by atoms with Crippen LogP contribution in [0.2, 0.25) is 0 Å². The van der Waals surface area contributed by atoms with Crippen molar-refractivity contribution in [3.63, 3.8) is 0 Å². The molecule has 7 heteroatoms. The molecule has 1 saturated heterocycles. The van der Waals surface area contributed by atoms with Crippen LogP contribution in [0.25, 0.3) is 0 Å². The van der Waals surface area contributed by atoms with E-state index in [-0.39, 0.29) is 18.3 Å². The third-order valence-corrected chi connectivity index (χ3v) is 3.61. The van der Waals surface area contributed by atoms with Crippen molar-refractivity contribution in [2.24, 2.45) is 0 Å². The zero-order valence-electron chi connectivity index (χ0n) is 12.8. The van der Waals surface area contributed by atoms with E-state index in [1.807, 2.05) is 0 Å². The lowest BCUT2D eigenvalue weighted by Gasteiger charge is -2.37. The molecule has 3 rings (SSSR count). The minimum atomic E-state index is -0.891. The molecule has 122 valence electrons. The Kier molecular flexibility index (Phi) is 4.68. The van der Waals surface area contributed by atoms with Crippen LogP contribution in [-0.4, -0.2) is 51.7 Å². The summed E-state index contributed by atoms with van der Waals surface area (Å²) in [5, 5.41) is 10.2. The second-order valence-corrected chi connectivity index (χ2v) is 5.23. The first kappa shape index (κ1) is 15.9. The topological polar surface area (TPSA) is 69.6 Å². The van der Waals surface area contributed by atoms with Crippen molar-refractivity contribution < 1.29 is 14.3 Å². The number of halogens is 1. The number of carbonyl (C=O) groups excluding carboxylic acids is 1. The number of piperazine rings is 1. The number of benzene rings is 1.